The van der Waals surface area contributed by atoms with Crippen LogP contribution in [0, 0.1) is 13.8 Å². The van der Waals surface area contributed by atoms with Crippen molar-refractivity contribution in [2.75, 3.05) is 17.1 Å². The molecule has 0 aliphatic heterocycles. The molecule has 1 atom stereocenters. The van der Waals surface area contributed by atoms with E-state index >= 15 is 0 Å². The lowest BCUT2D eigenvalue weighted by atomic mass is 10.1. The van der Waals surface area contributed by atoms with Gasteiger partial charge in [0.05, 0.1) is 17.7 Å². The van der Waals surface area contributed by atoms with Gasteiger partial charge in [0.1, 0.15) is 0 Å². The number of nitrogens with one attached hydrogen (secondary N) is 2. The summed E-state index contributed by atoms with van der Waals surface area (Å²) in [5.74, 6) is 0.606. The summed E-state index contributed by atoms with van der Waals surface area (Å²) in [6, 6.07) is 18.6. The largest absolute Gasteiger partial charge is 0.493 e. The van der Waals surface area contributed by atoms with Crippen molar-refractivity contribution < 1.29 is 22.7 Å². The van der Waals surface area contributed by atoms with Gasteiger partial charge >= 0.3 is 0 Å². The fraction of sp³-hybridized carbons (Fsp3) is 0.208. The van der Waals surface area contributed by atoms with Gasteiger partial charge in [0.15, 0.2) is 17.6 Å². The number of benzene rings is 3. The average molecular weight is 455 g/mol. The first-order valence-electron chi connectivity index (χ1n) is 10.0. The molecule has 8 heteroatoms. The Labute approximate surface area is 188 Å². The summed E-state index contributed by atoms with van der Waals surface area (Å²) in [6.45, 7) is 5.31. The van der Waals surface area contributed by atoms with Crippen LogP contribution in [0.25, 0.3) is 0 Å². The molecule has 3 aromatic rings. The van der Waals surface area contributed by atoms with E-state index in [2.05, 4.69) is 10.0 Å². The van der Waals surface area contributed by atoms with Crippen LogP contribution in [0.3, 0.4) is 0 Å². The lowest BCUT2D eigenvalue weighted by molar-refractivity contribution is -0.122. The van der Waals surface area contributed by atoms with Crippen molar-refractivity contribution in [2.24, 2.45) is 0 Å². The number of anilines is 2. The first kappa shape index (κ1) is 23.1. The van der Waals surface area contributed by atoms with Crippen molar-refractivity contribution in [1.29, 1.82) is 0 Å². The maximum Gasteiger partial charge on any atom is 0.265 e. The first-order valence-corrected chi connectivity index (χ1v) is 11.5. The summed E-state index contributed by atoms with van der Waals surface area (Å²) in [7, 11) is -2.24. The Morgan fingerprint density at radius 3 is 2.06 bits per heavy atom. The molecule has 0 aromatic heterocycles. The molecule has 0 fully saturated rings. The van der Waals surface area contributed by atoms with E-state index in [0.717, 1.165) is 11.1 Å². The molecule has 2 N–H and O–H groups in total. The van der Waals surface area contributed by atoms with Gasteiger partial charge in [-0.2, -0.15) is 0 Å². The number of amides is 1. The molecule has 0 bridgehead atoms. The van der Waals surface area contributed by atoms with E-state index in [1.54, 1.807) is 31.2 Å². The SMILES string of the molecule is COc1ccccc1O[C@H](C)C(=O)Nc1ccc(S(=O)(=O)Nc2c(C)cccc2C)cc1. The highest BCUT2D eigenvalue weighted by Crippen LogP contribution is 2.27. The van der Waals surface area contributed by atoms with Gasteiger partial charge in [-0.3, -0.25) is 9.52 Å². The molecule has 7 nitrogen and oxygen atoms in total. The van der Waals surface area contributed by atoms with Crippen molar-refractivity contribution in [1.82, 2.24) is 0 Å². The molecular weight excluding hydrogens is 428 g/mol. The average Bonchev–Trinajstić information content (AvgIpc) is 2.77. The minimum absolute atomic E-state index is 0.0940. The van der Waals surface area contributed by atoms with E-state index in [4.69, 9.17) is 9.47 Å². The number of hydrogen-bond acceptors (Lipinski definition) is 5. The molecule has 0 radical (unpaired) electrons. The monoisotopic (exact) mass is 454 g/mol. The Bertz CT molecular complexity index is 1190. The molecule has 3 rings (SSSR count). The van der Waals surface area contributed by atoms with Crippen LogP contribution in [0.5, 0.6) is 11.5 Å². The van der Waals surface area contributed by atoms with Gasteiger partial charge in [-0.1, -0.05) is 30.3 Å². The van der Waals surface area contributed by atoms with Crippen LogP contribution in [0.1, 0.15) is 18.1 Å². The fourth-order valence-corrected chi connectivity index (χ4v) is 4.29. The van der Waals surface area contributed by atoms with E-state index in [-0.39, 0.29) is 10.8 Å². The van der Waals surface area contributed by atoms with E-state index < -0.39 is 16.1 Å². The second-order valence-corrected chi connectivity index (χ2v) is 8.98. The number of hydrogen-bond donors (Lipinski definition) is 2. The number of ether oxygens (including phenoxy) is 2. The molecule has 0 aliphatic rings. The fourth-order valence-electron chi connectivity index (χ4n) is 3.09. The second kappa shape index (κ2) is 9.74. The summed E-state index contributed by atoms with van der Waals surface area (Å²) < 4.78 is 39.1. The van der Waals surface area contributed by atoms with E-state index in [1.165, 1.54) is 31.4 Å². The smallest absolute Gasteiger partial charge is 0.265 e. The van der Waals surface area contributed by atoms with Crippen LogP contribution in [-0.4, -0.2) is 27.5 Å². The Hall–Kier alpha value is -3.52. The van der Waals surface area contributed by atoms with Gasteiger partial charge in [-0.25, -0.2) is 8.42 Å². The van der Waals surface area contributed by atoms with E-state index in [9.17, 15) is 13.2 Å². The van der Waals surface area contributed by atoms with Gasteiger partial charge in [0.2, 0.25) is 0 Å². The highest BCUT2D eigenvalue weighted by Gasteiger charge is 2.19. The lowest BCUT2D eigenvalue weighted by Crippen LogP contribution is -2.30. The van der Waals surface area contributed by atoms with Gasteiger partial charge in [-0.05, 0) is 68.3 Å². The summed E-state index contributed by atoms with van der Waals surface area (Å²) in [6.07, 6.45) is -0.791. The topological polar surface area (TPSA) is 93.7 Å². The van der Waals surface area contributed by atoms with Crippen LogP contribution < -0.4 is 19.5 Å². The summed E-state index contributed by atoms with van der Waals surface area (Å²) in [4.78, 5) is 12.6. The predicted octanol–water partition coefficient (Wildman–Crippen LogP) is 4.52. The van der Waals surface area contributed by atoms with Crippen LogP contribution >= 0.6 is 0 Å². The van der Waals surface area contributed by atoms with Crippen molar-refractivity contribution in [3.8, 4) is 11.5 Å². The zero-order valence-corrected chi connectivity index (χ0v) is 19.2. The third kappa shape index (κ3) is 5.39. The molecule has 168 valence electrons. The van der Waals surface area contributed by atoms with Crippen molar-refractivity contribution in [3.05, 3.63) is 77.9 Å². The van der Waals surface area contributed by atoms with Crippen molar-refractivity contribution >= 4 is 27.3 Å². The second-order valence-electron chi connectivity index (χ2n) is 7.30. The molecule has 0 heterocycles. The molecule has 0 spiro atoms. The van der Waals surface area contributed by atoms with Crippen LogP contribution in [0.4, 0.5) is 11.4 Å². The highest BCUT2D eigenvalue weighted by molar-refractivity contribution is 7.92. The molecule has 0 saturated heterocycles. The number of carbonyl (C=O) groups excluding carboxylic acids is 1. The summed E-state index contributed by atoms with van der Waals surface area (Å²) in [5, 5.41) is 2.73. The van der Waals surface area contributed by atoms with Gasteiger partial charge in [0, 0.05) is 5.69 Å². The number of rotatable bonds is 8. The standard InChI is InChI=1S/C24H26N2O5S/c1-16-8-7-9-17(2)23(16)26-32(28,29)20-14-12-19(13-15-20)25-24(27)18(3)31-22-11-6-5-10-21(22)30-4/h5-15,18,26H,1-4H3,(H,25,27)/t18-/m1/s1. The Morgan fingerprint density at radius 2 is 1.47 bits per heavy atom. The maximum atomic E-state index is 12.8. The third-order valence-corrected chi connectivity index (χ3v) is 6.26. The molecule has 3 aromatic carbocycles. The van der Waals surface area contributed by atoms with Crippen LogP contribution in [-0.2, 0) is 14.8 Å². The molecular formula is C24H26N2O5S. The number of methoxy groups -OCH3 is 1. The minimum atomic E-state index is -3.77. The summed E-state index contributed by atoms with van der Waals surface area (Å²) in [5.41, 5.74) is 2.69. The number of carbonyl (C=O) groups is 1. The molecule has 1 amide bonds. The Morgan fingerprint density at radius 1 is 0.875 bits per heavy atom. The normalized spacial score (nSPS) is 12.0. The van der Waals surface area contributed by atoms with Crippen LogP contribution in [0.2, 0.25) is 0 Å². The first-order chi connectivity index (χ1) is 15.2. The zero-order valence-electron chi connectivity index (χ0n) is 18.4. The Kier molecular flexibility index (Phi) is 7.05. The van der Waals surface area contributed by atoms with Crippen molar-refractivity contribution in [3.63, 3.8) is 0 Å². The molecule has 32 heavy (non-hydrogen) atoms. The van der Waals surface area contributed by atoms with Crippen molar-refractivity contribution in [2.45, 2.75) is 31.8 Å². The van der Waals surface area contributed by atoms with Gasteiger partial charge in [-0.15, -0.1) is 0 Å². The number of para-hydroxylation sites is 3. The summed E-state index contributed by atoms with van der Waals surface area (Å²) >= 11 is 0. The maximum absolute atomic E-state index is 12.8. The molecule has 0 saturated carbocycles. The van der Waals surface area contributed by atoms with E-state index in [0.29, 0.717) is 22.9 Å². The number of aryl methyl sites for hydroxylation is 2. The highest BCUT2D eigenvalue weighted by atomic mass is 32.2. The quantitative estimate of drug-likeness (QED) is 0.522. The van der Waals surface area contributed by atoms with Gasteiger partial charge < -0.3 is 14.8 Å². The molecule has 0 aliphatic carbocycles. The number of sulfonamides is 1. The van der Waals surface area contributed by atoms with Crippen LogP contribution in [0.15, 0.2) is 71.6 Å². The minimum Gasteiger partial charge on any atom is -0.493 e. The Balaban J connectivity index is 1.68. The zero-order chi connectivity index (χ0) is 23.3. The van der Waals surface area contributed by atoms with E-state index in [1.807, 2.05) is 32.0 Å². The third-order valence-electron chi connectivity index (χ3n) is 4.89. The van der Waals surface area contributed by atoms with Gasteiger partial charge in [0.25, 0.3) is 15.9 Å². The predicted molar refractivity (Wildman–Crippen MR) is 125 cm³/mol. The lowest BCUT2D eigenvalue weighted by Gasteiger charge is -2.17. The molecule has 0 unspecified atom stereocenters.